The van der Waals surface area contributed by atoms with Gasteiger partial charge in [0.1, 0.15) is 19.3 Å². The van der Waals surface area contributed by atoms with Crippen molar-refractivity contribution in [3.63, 3.8) is 0 Å². The number of hydrogen-bond donors (Lipinski definition) is 3. The van der Waals surface area contributed by atoms with Crippen LogP contribution in [-0.2, 0) is 65.4 Å². The molecule has 0 bridgehead atoms. The maximum atomic E-state index is 13.1. The summed E-state index contributed by atoms with van der Waals surface area (Å²) in [7, 11) is -9.93. The average Bonchev–Trinajstić information content (AvgIpc) is 1.05. The molecule has 3 N–H and O–H groups in total. The van der Waals surface area contributed by atoms with Crippen molar-refractivity contribution in [2.45, 2.75) is 407 Å². The van der Waals surface area contributed by atoms with Crippen molar-refractivity contribution in [2.24, 2.45) is 17.8 Å². The van der Waals surface area contributed by atoms with Gasteiger partial charge in [-0.3, -0.25) is 37.3 Å². The lowest BCUT2D eigenvalue weighted by Crippen LogP contribution is -2.30. The van der Waals surface area contributed by atoms with Crippen LogP contribution in [0, 0.1) is 17.8 Å². The second-order valence-corrected chi connectivity index (χ2v) is 32.5. The second-order valence-electron chi connectivity index (χ2n) is 29.5. The van der Waals surface area contributed by atoms with Crippen LogP contribution < -0.4 is 0 Å². The first-order valence-corrected chi connectivity index (χ1v) is 43.7. The van der Waals surface area contributed by atoms with E-state index in [2.05, 4.69) is 72.8 Å². The maximum Gasteiger partial charge on any atom is 0.472 e. The van der Waals surface area contributed by atoms with E-state index in [-0.39, 0.29) is 25.7 Å². The number of hydrogen-bond acceptors (Lipinski definition) is 15. The highest BCUT2D eigenvalue weighted by molar-refractivity contribution is 7.47. The standard InChI is InChI=1S/C80H152O17P2/c1-8-9-10-11-12-13-14-15-17-23-28-33-40-47-54-61-77(82)90-67-75(96-79(84)64-57-50-42-35-30-25-20-22-27-32-38-45-52-59-72(4)5)69-94-98(86,87)92-65-74(81)66-93-99(88,89)95-70-76(68-91-78(83)62-55-48-43-36-39-46-53-60-73(6)7)97-80(85)63-56-49-41-34-29-24-19-16-18-21-26-31-37-44-51-58-71(2)3/h13-15,17,71-76,81H,8-12,16,18-70H2,1-7H3,(H,86,87)(H,88,89)/b14-13-,17-15-/t74?,75-,76-/m1/s1. The first-order valence-electron chi connectivity index (χ1n) is 40.7. The molecule has 0 amide bonds. The van der Waals surface area contributed by atoms with Gasteiger partial charge in [-0.05, 0) is 69.1 Å². The Balaban J connectivity index is 5.27. The number of unbranched alkanes of at least 4 members (excludes halogenated alkanes) is 41. The van der Waals surface area contributed by atoms with Crippen LogP contribution in [-0.4, -0.2) is 96.7 Å². The fourth-order valence-corrected chi connectivity index (χ4v) is 13.3. The van der Waals surface area contributed by atoms with E-state index < -0.39 is 97.5 Å². The number of carbonyl (C=O) groups is 4. The fourth-order valence-electron chi connectivity index (χ4n) is 11.8. The largest absolute Gasteiger partial charge is 0.472 e. The van der Waals surface area contributed by atoms with Gasteiger partial charge in [0.25, 0.3) is 0 Å². The molecule has 0 radical (unpaired) electrons. The van der Waals surface area contributed by atoms with Crippen LogP contribution in [0.2, 0.25) is 0 Å². The van der Waals surface area contributed by atoms with Crippen molar-refractivity contribution in [3.8, 4) is 0 Å². The lowest BCUT2D eigenvalue weighted by atomic mass is 10.0. The normalized spacial score (nSPS) is 14.2. The molecule has 584 valence electrons. The van der Waals surface area contributed by atoms with E-state index in [9.17, 15) is 43.2 Å². The number of phosphoric acid groups is 2. The Morgan fingerprint density at radius 2 is 0.545 bits per heavy atom. The number of ether oxygens (including phenoxy) is 4. The van der Waals surface area contributed by atoms with E-state index in [0.717, 1.165) is 127 Å². The van der Waals surface area contributed by atoms with Gasteiger partial charge in [-0.15, -0.1) is 0 Å². The summed E-state index contributed by atoms with van der Waals surface area (Å²) >= 11 is 0. The lowest BCUT2D eigenvalue weighted by molar-refractivity contribution is -0.161. The summed E-state index contributed by atoms with van der Waals surface area (Å²) in [6.45, 7) is 11.8. The van der Waals surface area contributed by atoms with Crippen LogP contribution in [0.4, 0.5) is 0 Å². The van der Waals surface area contributed by atoms with Gasteiger partial charge in [0, 0.05) is 25.7 Å². The smallest absolute Gasteiger partial charge is 0.462 e. The van der Waals surface area contributed by atoms with Gasteiger partial charge < -0.3 is 33.8 Å². The summed E-state index contributed by atoms with van der Waals surface area (Å²) in [5, 5.41) is 10.6. The van der Waals surface area contributed by atoms with Crippen LogP contribution in [0.1, 0.15) is 389 Å². The average molecular weight is 1450 g/mol. The summed E-state index contributed by atoms with van der Waals surface area (Å²) in [6, 6.07) is 0. The molecule has 0 saturated heterocycles. The second kappa shape index (κ2) is 69.9. The Morgan fingerprint density at radius 3 is 0.818 bits per heavy atom. The zero-order chi connectivity index (χ0) is 73.0. The van der Waals surface area contributed by atoms with Crippen LogP contribution >= 0.6 is 15.6 Å². The summed E-state index contributed by atoms with van der Waals surface area (Å²) in [6.07, 6.45) is 60.5. The molecule has 5 atom stereocenters. The van der Waals surface area contributed by atoms with Crippen LogP contribution in [0.25, 0.3) is 0 Å². The summed E-state index contributed by atoms with van der Waals surface area (Å²) in [5.74, 6) is 0.146. The van der Waals surface area contributed by atoms with E-state index in [1.165, 1.54) is 173 Å². The molecule has 17 nitrogen and oxygen atoms in total. The Morgan fingerprint density at radius 1 is 0.313 bits per heavy atom. The van der Waals surface area contributed by atoms with Crippen LogP contribution in [0.5, 0.6) is 0 Å². The highest BCUT2D eigenvalue weighted by Gasteiger charge is 2.30. The monoisotopic (exact) mass is 1450 g/mol. The van der Waals surface area contributed by atoms with Crippen LogP contribution in [0.15, 0.2) is 24.3 Å². The molecule has 0 aromatic rings. The van der Waals surface area contributed by atoms with Crippen molar-refractivity contribution in [2.75, 3.05) is 39.6 Å². The van der Waals surface area contributed by atoms with Crippen molar-refractivity contribution in [1.29, 1.82) is 0 Å². The number of aliphatic hydroxyl groups is 1. The van der Waals surface area contributed by atoms with Gasteiger partial charge in [-0.1, -0.05) is 336 Å². The number of aliphatic hydroxyl groups excluding tert-OH is 1. The third-order valence-corrected chi connectivity index (χ3v) is 19.9. The van der Waals surface area contributed by atoms with Gasteiger partial charge in [-0.25, -0.2) is 9.13 Å². The van der Waals surface area contributed by atoms with E-state index >= 15 is 0 Å². The quantitative estimate of drug-likeness (QED) is 0.0169. The van der Waals surface area contributed by atoms with Gasteiger partial charge in [0.15, 0.2) is 12.2 Å². The van der Waals surface area contributed by atoms with Gasteiger partial charge in [0.05, 0.1) is 26.4 Å². The molecule has 0 aliphatic carbocycles. The number of rotatable bonds is 76. The van der Waals surface area contributed by atoms with E-state index in [1.54, 1.807) is 0 Å². The molecule has 0 aliphatic heterocycles. The first-order chi connectivity index (χ1) is 47.7. The van der Waals surface area contributed by atoms with Gasteiger partial charge >= 0.3 is 39.5 Å². The molecule has 3 unspecified atom stereocenters. The highest BCUT2D eigenvalue weighted by Crippen LogP contribution is 2.45. The molecular formula is C80H152O17P2. The number of esters is 4. The molecule has 0 heterocycles. The number of allylic oxidation sites excluding steroid dienone is 4. The molecule has 99 heavy (non-hydrogen) atoms. The molecule has 0 fully saturated rings. The minimum atomic E-state index is -4.97. The van der Waals surface area contributed by atoms with Crippen molar-refractivity contribution >= 4 is 39.5 Å². The number of carbonyl (C=O) groups excluding carboxylic acids is 4. The van der Waals surface area contributed by atoms with E-state index in [1.807, 2.05) is 0 Å². The summed E-state index contributed by atoms with van der Waals surface area (Å²) < 4.78 is 68.6. The fraction of sp³-hybridized carbons (Fsp3) is 0.900. The van der Waals surface area contributed by atoms with Crippen molar-refractivity contribution in [3.05, 3.63) is 24.3 Å². The Bertz CT molecular complexity index is 2020. The van der Waals surface area contributed by atoms with Crippen molar-refractivity contribution < 1.29 is 80.2 Å². The minimum absolute atomic E-state index is 0.100. The first kappa shape index (κ1) is 96.5. The minimum Gasteiger partial charge on any atom is -0.462 e. The van der Waals surface area contributed by atoms with E-state index in [4.69, 9.17) is 37.0 Å². The molecule has 0 saturated carbocycles. The predicted octanol–water partition coefficient (Wildman–Crippen LogP) is 23.3. The Labute approximate surface area is 605 Å². The number of phosphoric ester groups is 2. The zero-order valence-electron chi connectivity index (χ0n) is 64.4. The third kappa shape index (κ3) is 73.6. The SMILES string of the molecule is CCCCCC/C=C\C=C/CCCCCCCC(=O)OC[C@H](COP(=O)(O)OCC(O)COP(=O)(O)OC[C@@H](COC(=O)CCCCCCCCCC(C)C)OC(=O)CCCCCCCCCCCCCCCCCC(C)C)OC(=O)CCCCCCCCCCCCCCCC(C)C. The molecule has 0 aromatic carbocycles. The molecule has 0 spiro atoms. The predicted molar refractivity (Wildman–Crippen MR) is 404 cm³/mol. The third-order valence-electron chi connectivity index (χ3n) is 18.0. The Kier molecular flexibility index (Phi) is 68.1. The summed E-state index contributed by atoms with van der Waals surface area (Å²) in [5.41, 5.74) is 0. The lowest BCUT2D eigenvalue weighted by Gasteiger charge is -2.21. The maximum absolute atomic E-state index is 13.1. The topological polar surface area (TPSA) is 237 Å². The Hall–Kier alpha value is -2.46. The van der Waals surface area contributed by atoms with E-state index in [0.29, 0.717) is 31.6 Å². The summed E-state index contributed by atoms with van der Waals surface area (Å²) in [4.78, 5) is 72.9. The molecule has 19 heteroatoms. The van der Waals surface area contributed by atoms with Crippen molar-refractivity contribution in [1.82, 2.24) is 0 Å². The molecule has 0 aromatic heterocycles. The van der Waals surface area contributed by atoms with Gasteiger partial charge in [0.2, 0.25) is 0 Å². The zero-order valence-corrected chi connectivity index (χ0v) is 66.2. The van der Waals surface area contributed by atoms with Gasteiger partial charge in [-0.2, -0.15) is 0 Å². The molecular weight excluding hydrogens is 1290 g/mol. The molecule has 0 aliphatic rings. The molecule has 0 rings (SSSR count). The highest BCUT2D eigenvalue weighted by atomic mass is 31.2. The van der Waals surface area contributed by atoms with Crippen LogP contribution in [0.3, 0.4) is 0 Å².